The Morgan fingerprint density at radius 2 is 2.27 bits per heavy atom. The third kappa shape index (κ3) is 3.18. The first-order valence-corrected chi connectivity index (χ1v) is 3.66. The van der Waals surface area contributed by atoms with E-state index in [4.69, 9.17) is 0 Å². The lowest BCUT2D eigenvalue weighted by Crippen LogP contribution is -2.31. The molecule has 0 aromatic heterocycles. The number of hydrogen-bond donors (Lipinski definition) is 1. The highest BCUT2D eigenvalue weighted by Gasteiger charge is 2.21. The summed E-state index contributed by atoms with van der Waals surface area (Å²) >= 11 is 0. The summed E-state index contributed by atoms with van der Waals surface area (Å²) in [4.78, 5) is 10.7. The highest BCUT2D eigenvalue weighted by atomic mass is 16.5. The molecule has 1 atom stereocenters. The predicted molar refractivity (Wildman–Crippen MR) is 44.3 cm³/mol. The Morgan fingerprint density at radius 3 is 2.64 bits per heavy atom. The van der Waals surface area contributed by atoms with Crippen LogP contribution in [0.5, 0.6) is 0 Å². The Labute approximate surface area is 67.4 Å². The maximum Gasteiger partial charge on any atom is 0.322 e. The number of hydrogen-bond acceptors (Lipinski definition) is 3. The second-order valence-electron chi connectivity index (χ2n) is 2.17. The molecule has 0 radical (unpaired) electrons. The SMILES string of the molecule is C=C.COC(=O)C1CCCN1. The van der Waals surface area contributed by atoms with E-state index in [1.807, 2.05) is 0 Å². The molecule has 0 aromatic rings. The molecular weight excluding hydrogens is 142 g/mol. The van der Waals surface area contributed by atoms with E-state index in [-0.39, 0.29) is 12.0 Å². The smallest absolute Gasteiger partial charge is 0.322 e. The van der Waals surface area contributed by atoms with Crippen molar-refractivity contribution in [3.8, 4) is 0 Å². The van der Waals surface area contributed by atoms with Crippen molar-refractivity contribution in [1.29, 1.82) is 0 Å². The van der Waals surface area contributed by atoms with E-state index in [1.54, 1.807) is 0 Å². The lowest BCUT2D eigenvalue weighted by atomic mass is 10.2. The van der Waals surface area contributed by atoms with Gasteiger partial charge in [-0.05, 0) is 19.4 Å². The summed E-state index contributed by atoms with van der Waals surface area (Å²) in [5.41, 5.74) is 0. The standard InChI is InChI=1S/C6H11NO2.C2H4/c1-9-6(8)5-3-2-4-7-5;1-2/h5,7H,2-4H2,1H3;1-2H2. The molecule has 0 aromatic carbocycles. The molecule has 1 aliphatic rings. The Balaban J connectivity index is 0.000000461. The van der Waals surface area contributed by atoms with Gasteiger partial charge < -0.3 is 10.1 Å². The van der Waals surface area contributed by atoms with Crippen molar-refractivity contribution >= 4 is 5.97 Å². The zero-order valence-electron chi connectivity index (χ0n) is 6.93. The second-order valence-corrected chi connectivity index (χ2v) is 2.17. The third-order valence-electron chi connectivity index (χ3n) is 1.55. The summed E-state index contributed by atoms with van der Waals surface area (Å²) < 4.78 is 4.53. The largest absolute Gasteiger partial charge is 0.468 e. The average molecular weight is 157 g/mol. The number of carbonyl (C=O) groups excluding carboxylic acids is 1. The molecule has 1 saturated heterocycles. The van der Waals surface area contributed by atoms with Gasteiger partial charge in [0.1, 0.15) is 6.04 Å². The van der Waals surface area contributed by atoms with Crippen molar-refractivity contribution in [2.45, 2.75) is 18.9 Å². The molecule has 0 spiro atoms. The molecule has 1 N–H and O–H groups in total. The highest BCUT2D eigenvalue weighted by molar-refractivity contribution is 5.75. The van der Waals surface area contributed by atoms with Gasteiger partial charge in [0.05, 0.1) is 7.11 Å². The van der Waals surface area contributed by atoms with Crippen molar-refractivity contribution in [2.24, 2.45) is 0 Å². The number of ether oxygens (including phenoxy) is 1. The van der Waals surface area contributed by atoms with Crippen molar-refractivity contribution in [3.63, 3.8) is 0 Å². The molecule has 0 amide bonds. The van der Waals surface area contributed by atoms with Crippen molar-refractivity contribution in [1.82, 2.24) is 5.32 Å². The van der Waals surface area contributed by atoms with Crippen molar-refractivity contribution in [3.05, 3.63) is 13.2 Å². The van der Waals surface area contributed by atoms with Gasteiger partial charge in [0.25, 0.3) is 0 Å². The quantitative estimate of drug-likeness (QED) is 0.450. The first-order chi connectivity index (χ1) is 5.34. The fourth-order valence-corrected chi connectivity index (χ4v) is 1.03. The summed E-state index contributed by atoms with van der Waals surface area (Å²) in [7, 11) is 1.42. The fraction of sp³-hybridized carbons (Fsp3) is 0.625. The summed E-state index contributed by atoms with van der Waals surface area (Å²) in [5, 5.41) is 3.03. The van der Waals surface area contributed by atoms with Crippen LogP contribution in [0.15, 0.2) is 13.2 Å². The monoisotopic (exact) mass is 157 g/mol. The molecule has 0 aliphatic carbocycles. The predicted octanol–water partition coefficient (Wildman–Crippen LogP) is 0.714. The number of rotatable bonds is 1. The summed E-state index contributed by atoms with van der Waals surface area (Å²) in [6.45, 7) is 6.94. The van der Waals surface area contributed by atoms with Gasteiger partial charge in [0, 0.05) is 0 Å². The van der Waals surface area contributed by atoms with E-state index >= 15 is 0 Å². The molecule has 1 unspecified atom stereocenters. The van der Waals surface area contributed by atoms with E-state index in [1.165, 1.54) is 7.11 Å². The Bertz CT molecular complexity index is 119. The number of nitrogens with one attached hydrogen (secondary N) is 1. The zero-order chi connectivity index (χ0) is 8.69. The van der Waals surface area contributed by atoms with Gasteiger partial charge in [-0.15, -0.1) is 13.2 Å². The van der Waals surface area contributed by atoms with Crippen LogP contribution in [0.1, 0.15) is 12.8 Å². The first-order valence-electron chi connectivity index (χ1n) is 3.66. The second kappa shape index (κ2) is 5.92. The lowest BCUT2D eigenvalue weighted by Gasteiger charge is -2.04. The lowest BCUT2D eigenvalue weighted by molar-refractivity contribution is -0.142. The molecule has 1 fully saturated rings. The maximum atomic E-state index is 10.7. The molecule has 1 aliphatic heterocycles. The summed E-state index contributed by atoms with van der Waals surface area (Å²) in [6.07, 6.45) is 2.01. The van der Waals surface area contributed by atoms with Crippen LogP contribution in [0.4, 0.5) is 0 Å². The Hall–Kier alpha value is -0.830. The molecular formula is C8H15NO2. The molecule has 64 valence electrons. The number of methoxy groups -OCH3 is 1. The molecule has 11 heavy (non-hydrogen) atoms. The molecule has 1 rings (SSSR count). The average Bonchev–Trinajstić information content (AvgIpc) is 2.59. The number of carbonyl (C=O) groups is 1. The first kappa shape index (κ1) is 10.2. The third-order valence-corrected chi connectivity index (χ3v) is 1.55. The van der Waals surface area contributed by atoms with Crippen LogP contribution in [0, 0.1) is 0 Å². The van der Waals surface area contributed by atoms with E-state index < -0.39 is 0 Å². The van der Waals surface area contributed by atoms with Crippen LogP contribution < -0.4 is 5.32 Å². The van der Waals surface area contributed by atoms with Crippen LogP contribution in [-0.4, -0.2) is 25.7 Å². The topological polar surface area (TPSA) is 38.3 Å². The van der Waals surface area contributed by atoms with E-state index in [0.29, 0.717) is 0 Å². The van der Waals surface area contributed by atoms with Crippen LogP contribution >= 0.6 is 0 Å². The van der Waals surface area contributed by atoms with Crippen LogP contribution in [-0.2, 0) is 9.53 Å². The van der Waals surface area contributed by atoms with Gasteiger partial charge in [0.15, 0.2) is 0 Å². The molecule has 3 nitrogen and oxygen atoms in total. The van der Waals surface area contributed by atoms with Gasteiger partial charge in [-0.1, -0.05) is 0 Å². The normalized spacial score (nSPS) is 21.7. The van der Waals surface area contributed by atoms with Crippen LogP contribution in [0.3, 0.4) is 0 Å². The minimum absolute atomic E-state index is 0.0324. The highest BCUT2D eigenvalue weighted by Crippen LogP contribution is 2.05. The Kier molecular flexibility index (Phi) is 5.47. The van der Waals surface area contributed by atoms with Gasteiger partial charge in [-0.2, -0.15) is 0 Å². The van der Waals surface area contributed by atoms with Gasteiger partial charge in [0.2, 0.25) is 0 Å². The Morgan fingerprint density at radius 1 is 1.64 bits per heavy atom. The summed E-state index contributed by atoms with van der Waals surface area (Å²) in [5.74, 6) is -0.132. The zero-order valence-corrected chi connectivity index (χ0v) is 6.93. The van der Waals surface area contributed by atoms with Gasteiger partial charge >= 0.3 is 5.97 Å². The van der Waals surface area contributed by atoms with Crippen LogP contribution in [0.25, 0.3) is 0 Å². The molecule has 1 heterocycles. The van der Waals surface area contributed by atoms with E-state index in [0.717, 1.165) is 19.4 Å². The molecule has 0 bridgehead atoms. The van der Waals surface area contributed by atoms with E-state index in [9.17, 15) is 4.79 Å². The van der Waals surface area contributed by atoms with Gasteiger partial charge in [-0.3, -0.25) is 4.79 Å². The molecule has 0 saturated carbocycles. The van der Waals surface area contributed by atoms with Crippen LogP contribution in [0.2, 0.25) is 0 Å². The number of esters is 1. The minimum atomic E-state index is -0.132. The van der Waals surface area contributed by atoms with E-state index in [2.05, 4.69) is 23.2 Å². The maximum absolute atomic E-state index is 10.7. The summed E-state index contributed by atoms with van der Waals surface area (Å²) in [6, 6.07) is -0.0324. The minimum Gasteiger partial charge on any atom is -0.468 e. The van der Waals surface area contributed by atoms with Crippen molar-refractivity contribution < 1.29 is 9.53 Å². The van der Waals surface area contributed by atoms with Gasteiger partial charge in [-0.25, -0.2) is 0 Å². The molecule has 3 heteroatoms. The van der Waals surface area contributed by atoms with Crippen molar-refractivity contribution in [2.75, 3.05) is 13.7 Å². The fourth-order valence-electron chi connectivity index (χ4n) is 1.03.